The molecule has 2 heterocycles. The Morgan fingerprint density at radius 3 is 1.58 bits per heavy atom. The van der Waals surface area contributed by atoms with Crippen molar-refractivity contribution in [3.8, 4) is 17.2 Å². The Kier molecular flexibility index (Phi) is 5.25. The average Bonchev–Trinajstić information content (AvgIpc) is 3.36. The van der Waals surface area contributed by atoms with E-state index in [1.807, 2.05) is 6.07 Å². The lowest BCUT2D eigenvalue weighted by Gasteiger charge is -2.22. The molecule has 33 heavy (non-hydrogen) atoms. The summed E-state index contributed by atoms with van der Waals surface area (Å²) in [5.41, 5.74) is 5.85. The van der Waals surface area contributed by atoms with Crippen molar-refractivity contribution in [2.75, 3.05) is 21.3 Å². The maximum Gasteiger partial charge on any atom is 0.203 e. The first kappa shape index (κ1) is 21.0. The van der Waals surface area contributed by atoms with Crippen molar-refractivity contribution in [2.24, 2.45) is 14.1 Å². The number of ether oxygens (including phenoxy) is 3. The molecule has 168 valence electrons. The van der Waals surface area contributed by atoms with Crippen molar-refractivity contribution in [3.05, 3.63) is 89.7 Å². The van der Waals surface area contributed by atoms with E-state index in [1.165, 1.54) is 32.9 Å². The van der Waals surface area contributed by atoms with Gasteiger partial charge in [-0.2, -0.15) is 0 Å². The Labute approximate surface area is 193 Å². The molecule has 5 rings (SSSR count). The van der Waals surface area contributed by atoms with E-state index in [-0.39, 0.29) is 5.92 Å². The third-order valence-electron chi connectivity index (χ3n) is 6.52. The van der Waals surface area contributed by atoms with Crippen LogP contribution in [-0.4, -0.2) is 30.5 Å². The van der Waals surface area contributed by atoms with Crippen LogP contribution in [-0.2, 0) is 14.1 Å². The molecule has 0 fully saturated rings. The van der Waals surface area contributed by atoms with Gasteiger partial charge in [0.2, 0.25) is 5.75 Å². The Hall–Kier alpha value is -3.86. The molecule has 2 aromatic heterocycles. The molecule has 0 aliphatic carbocycles. The van der Waals surface area contributed by atoms with Crippen molar-refractivity contribution < 1.29 is 14.2 Å². The largest absolute Gasteiger partial charge is 0.493 e. The summed E-state index contributed by atoms with van der Waals surface area (Å²) < 4.78 is 21.6. The van der Waals surface area contributed by atoms with Gasteiger partial charge in [-0.15, -0.1) is 0 Å². The van der Waals surface area contributed by atoms with Gasteiger partial charge in [-0.3, -0.25) is 0 Å². The fourth-order valence-corrected chi connectivity index (χ4v) is 5.06. The minimum Gasteiger partial charge on any atom is -0.493 e. The molecular formula is C28H28N2O3. The quantitative estimate of drug-likeness (QED) is 0.331. The SMILES string of the molecule is COc1ccc(C(c2cn(C)c3ccccc23)c2cn(C)c3ccccc23)c(OC)c1OC. The molecule has 5 heteroatoms. The highest BCUT2D eigenvalue weighted by molar-refractivity contribution is 5.90. The predicted octanol–water partition coefficient (Wildman–Crippen LogP) is 5.88. The summed E-state index contributed by atoms with van der Waals surface area (Å²) in [6, 6.07) is 21.1. The molecule has 0 atom stereocenters. The number of nitrogens with zero attached hydrogens (tertiary/aromatic N) is 2. The van der Waals surface area contributed by atoms with Crippen LogP contribution in [0.25, 0.3) is 21.8 Å². The Morgan fingerprint density at radius 1 is 0.576 bits per heavy atom. The van der Waals surface area contributed by atoms with E-state index in [1.54, 1.807) is 21.3 Å². The number of fused-ring (bicyclic) bond motifs is 2. The number of hydrogen-bond acceptors (Lipinski definition) is 3. The molecule has 0 N–H and O–H groups in total. The molecule has 0 amide bonds. The van der Waals surface area contributed by atoms with Crippen LogP contribution in [0.4, 0.5) is 0 Å². The number of aryl methyl sites for hydroxylation is 2. The fourth-order valence-electron chi connectivity index (χ4n) is 5.06. The third-order valence-corrected chi connectivity index (χ3v) is 6.52. The van der Waals surface area contributed by atoms with Crippen molar-refractivity contribution >= 4 is 21.8 Å². The van der Waals surface area contributed by atoms with Gasteiger partial charge in [-0.25, -0.2) is 0 Å². The standard InChI is InChI=1S/C28H28N2O3/c1-29-16-21(18-10-6-8-12-23(18)29)26(22-17-30(2)24-13-9-7-11-19(22)24)20-14-15-25(31-3)28(33-5)27(20)32-4/h6-17,26H,1-5H3. The molecule has 5 nitrogen and oxygen atoms in total. The van der Waals surface area contributed by atoms with Gasteiger partial charge < -0.3 is 23.3 Å². The van der Waals surface area contributed by atoms with E-state index in [0.29, 0.717) is 17.2 Å². The lowest BCUT2D eigenvalue weighted by atomic mass is 9.84. The highest BCUT2D eigenvalue weighted by atomic mass is 16.5. The van der Waals surface area contributed by atoms with Crippen molar-refractivity contribution in [1.82, 2.24) is 9.13 Å². The Bertz CT molecular complexity index is 1380. The van der Waals surface area contributed by atoms with Gasteiger partial charge in [0, 0.05) is 59.8 Å². The summed E-state index contributed by atoms with van der Waals surface area (Å²) in [6.45, 7) is 0. The fraction of sp³-hybridized carbons (Fsp3) is 0.214. The van der Waals surface area contributed by atoms with E-state index in [4.69, 9.17) is 14.2 Å². The Balaban J connectivity index is 1.89. The third kappa shape index (κ3) is 3.23. The van der Waals surface area contributed by atoms with Gasteiger partial charge in [0.15, 0.2) is 11.5 Å². The number of methoxy groups -OCH3 is 3. The minimum absolute atomic E-state index is 0.0723. The first-order valence-corrected chi connectivity index (χ1v) is 11.0. The summed E-state index contributed by atoms with van der Waals surface area (Å²) in [5, 5.41) is 2.43. The molecule has 5 aromatic rings. The summed E-state index contributed by atoms with van der Waals surface area (Å²) in [6.07, 6.45) is 4.46. The van der Waals surface area contributed by atoms with Crippen LogP contribution in [0.15, 0.2) is 73.1 Å². The first-order chi connectivity index (χ1) is 16.1. The highest BCUT2D eigenvalue weighted by Gasteiger charge is 2.29. The zero-order chi connectivity index (χ0) is 23.1. The summed E-state index contributed by atoms with van der Waals surface area (Å²) in [7, 11) is 9.17. The van der Waals surface area contributed by atoms with Crippen molar-refractivity contribution in [2.45, 2.75) is 5.92 Å². The molecule has 0 bridgehead atoms. The van der Waals surface area contributed by atoms with Gasteiger partial charge in [0.1, 0.15) is 0 Å². The average molecular weight is 441 g/mol. The summed E-state index contributed by atoms with van der Waals surface area (Å²) >= 11 is 0. The number of aromatic nitrogens is 2. The smallest absolute Gasteiger partial charge is 0.203 e. The molecular weight excluding hydrogens is 412 g/mol. The van der Waals surface area contributed by atoms with E-state index in [9.17, 15) is 0 Å². The second-order valence-corrected chi connectivity index (χ2v) is 8.28. The topological polar surface area (TPSA) is 37.5 Å². The van der Waals surface area contributed by atoms with Crippen molar-refractivity contribution in [1.29, 1.82) is 0 Å². The van der Waals surface area contributed by atoms with E-state index in [0.717, 1.165) is 5.56 Å². The second kappa shape index (κ2) is 8.24. The normalized spacial score (nSPS) is 11.5. The number of rotatable bonds is 6. The zero-order valence-corrected chi connectivity index (χ0v) is 19.6. The van der Waals surface area contributed by atoms with Crippen LogP contribution < -0.4 is 14.2 Å². The second-order valence-electron chi connectivity index (χ2n) is 8.28. The van der Waals surface area contributed by atoms with Crippen LogP contribution in [0.5, 0.6) is 17.2 Å². The first-order valence-electron chi connectivity index (χ1n) is 11.0. The van der Waals surface area contributed by atoms with Crippen LogP contribution in [0.1, 0.15) is 22.6 Å². The predicted molar refractivity (Wildman–Crippen MR) is 133 cm³/mol. The van der Waals surface area contributed by atoms with Gasteiger partial charge in [-0.05, 0) is 29.3 Å². The molecule has 0 aliphatic heterocycles. The molecule has 0 radical (unpaired) electrons. The van der Waals surface area contributed by atoms with Crippen LogP contribution >= 0.6 is 0 Å². The number of hydrogen-bond donors (Lipinski definition) is 0. The summed E-state index contributed by atoms with van der Waals surface area (Å²) in [4.78, 5) is 0. The maximum atomic E-state index is 5.95. The van der Waals surface area contributed by atoms with Crippen LogP contribution in [0.3, 0.4) is 0 Å². The number of para-hydroxylation sites is 2. The molecule has 3 aromatic carbocycles. The van der Waals surface area contributed by atoms with E-state index in [2.05, 4.69) is 90.2 Å². The minimum atomic E-state index is -0.0723. The van der Waals surface area contributed by atoms with Gasteiger partial charge in [0.05, 0.1) is 21.3 Å². The summed E-state index contributed by atoms with van der Waals surface area (Å²) in [5.74, 6) is 1.86. The lowest BCUT2D eigenvalue weighted by molar-refractivity contribution is 0.322. The maximum absolute atomic E-state index is 5.95. The van der Waals surface area contributed by atoms with Crippen LogP contribution in [0.2, 0.25) is 0 Å². The molecule has 0 spiro atoms. The van der Waals surface area contributed by atoms with E-state index >= 15 is 0 Å². The van der Waals surface area contributed by atoms with Gasteiger partial charge >= 0.3 is 0 Å². The lowest BCUT2D eigenvalue weighted by Crippen LogP contribution is -2.07. The number of benzene rings is 3. The van der Waals surface area contributed by atoms with Crippen LogP contribution in [0, 0.1) is 0 Å². The molecule has 0 unspecified atom stereocenters. The monoisotopic (exact) mass is 440 g/mol. The van der Waals surface area contributed by atoms with Gasteiger partial charge in [-0.1, -0.05) is 42.5 Å². The molecule has 0 aliphatic rings. The van der Waals surface area contributed by atoms with Crippen molar-refractivity contribution in [3.63, 3.8) is 0 Å². The Morgan fingerprint density at radius 2 is 1.09 bits per heavy atom. The molecule has 0 saturated heterocycles. The zero-order valence-electron chi connectivity index (χ0n) is 19.6. The van der Waals surface area contributed by atoms with E-state index < -0.39 is 0 Å². The highest BCUT2D eigenvalue weighted by Crippen LogP contribution is 2.48. The molecule has 0 saturated carbocycles. The van der Waals surface area contributed by atoms with Gasteiger partial charge in [0.25, 0.3) is 0 Å².